The number of benzene rings is 1. The minimum Gasteiger partial charge on any atom is -0.490 e. The van der Waals surface area contributed by atoms with Crippen LogP contribution in [0.15, 0.2) is 59.9 Å². The molecule has 1 aromatic carbocycles. The lowest BCUT2D eigenvalue weighted by Crippen LogP contribution is -2.48. The van der Waals surface area contributed by atoms with E-state index < -0.39 is 0 Å². The number of rotatable bonds is 6. The monoisotopic (exact) mass is 381 g/mol. The van der Waals surface area contributed by atoms with Crippen molar-refractivity contribution in [3.63, 3.8) is 0 Å². The van der Waals surface area contributed by atoms with Crippen LogP contribution in [-0.4, -0.2) is 61.1 Å². The minimum absolute atomic E-state index is 0.122. The maximum absolute atomic E-state index is 12.0. The summed E-state index contributed by atoms with van der Waals surface area (Å²) in [7, 11) is 1.78. The Labute approximate surface area is 165 Å². The van der Waals surface area contributed by atoms with Crippen LogP contribution in [0, 0.1) is 0 Å². The van der Waals surface area contributed by atoms with E-state index in [1.807, 2.05) is 30.3 Å². The molecule has 3 rings (SSSR count). The second-order valence-electron chi connectivity index (χ2n) is 6.59. The Morgan fingerprint density at radius 1 is 1.14 bits per heavy atom. The number of guanidine groups is 1. The standard InChI is InChI=1S/C21H27N5O2/c1-22-21(25-13-12-24-20(27)17-6-5-11-23-16-17)26-14-9-19(10-15-26)28-18-7-3-2-4-8-18/h2-8,11,16,19H,9-10,12-15H2,1H3,(H,22,25)(H,24,27). The highest BCUT2D eigenvalue weighted by atomic mass is 16.5. The van der Waals surface area contributed by atoms with E-state index in [-0.39, 0.29) is 12.0 Å². The minimum atomic E-state index is -0.122. The number of nitrogens with zero attached hydrogens (tertiary/aromatic N) is 3. The average Bonchev–Trinajstić information content (AvgIpc) is 2.76. The summed E-state index contributed by atoms with van der Waals surface area (Å²) in [5.74, 6) is 1.66. The van der Waals surface area contributed by atoms with Crippen LogP contribution in [0.25, 0.3) is 0 Å². The second kappa shape index (κ2) is 10.3. The number of pyridine rings is 1. The molecule has 0 unspecified atom stereocenters. The first kappa shape index (κ1) is 19.7. The molecule has 1 aliphatic rings. The Balaban J connectivity index is 1.37. The largest absolute Gasteiger partial charge is 0.490 e. The van der Waals surface area contributed by atoms with E-state index in [1.54, 1.807) is 31.6 Å². The number of ether oxygens (including phenoxy) is 1. The number of hydrogen-bond acceptors (Lipinski definition) is 4. The van der Waals surface area contributed by atoms with Crippen LogP contribution in [0.5, 0.6) is 5.75 Å². The number of piperidine rings is 1. The van der Waals surface area contributed by atoms with Gasteiger partial charge in [0, 0.05) is 58.5 Å². The third-order valence-corrected chi connectivity index (χ3v) is 4.62. The fourth-order valence-corrected chi connectivity index (χ4v) is 3.16. The van der Waals surface area contributed by atoms with Crippen LogP contribution in [0.4, 0.5) is 0 Å². The van der Waals surface area contributed by atoms with Crippen molar-refractivity contribution in [1.29, 1.82) is 0 Å². The molecule has 7 heteroatoms. The molecule has 1 aromatic heterocycles. The number of para-hydroxylation sites is 1. The quantitative estimate of drug-likeness (QED) is 0.454. The topological polar surface area (TPSA) is 78.8 Å². The summed E-state index contributed by atoms with van der Waals surface area (Å²) in [6, 6.07) is 13.5. The summed E-state index contributed by atoms with van der Waals surface area (Å²) in [6.07, 6.45) is 5.34. The van der Waals surface area contributed by atoms with Gasteiger partial charge < -0.3 is 20.3 Å². The Kier molecular flexibility index (Phi) is 7.23. The highest BCUT2D eigenvalue weighted by Gasteiger charge is 2.22. The Morgan fingerprint density at radius 3 is 2.57 bits per heavy atom. The summed E-state index contributed by atoms with van der Waals surface area (Å²) in [4.78, 5) is 22.6. The van der Waals surface area contributed by atoms with E-state index >= 15 is 0 Å². The molecule has 2 heterocycles. The van der Waals surface area contributed by atoms with Crippen LogP contribution in [0.1, 0.15) is 23.2 Å². The molecule has 1 fully saturated rings. The molecule has 0 atom stereocenters. The molecule has 2 aromatic rings. The van der Waals surface area contributed by atoms with Gasteiger partial charge in [-0.05, 0) is 24.3 Å². The summed E-state index contributed by atoms with van der Waals surface area (Å²) < 4.78 is 6.04. The maximum atomic E-state index is 12.0. The highest BCUT2D eigenvalue weighted by Crippen LogP contribution is 2.18. The normalized spacial score (nSPS) is 15.2. The van der Waals surface area contributed by atoms with E-state index in [2.05, 4.69) is 25.5 Å². The number of aliphatic imine (C=N–C) groups is 1. The molecule has 148 valence electrons. The number of hydrogen-bond donors (Lipinski definition) is 2. The van der Waals surface area contributed by atoms with Crippen LogP contribution in [-0.2, 0) is 0 Å². The summed E-state index contributed by atoms with van der Waals surface area (Å²) in [5.41, 5.74) is 0.562. The number of nitrogens with one attached hydrogen (secondary N) is 2. The molecule has 2 N–H and O–H groups in total. The van der Waals surface area contributed by atoms with Gasteiger partial charge in [0.2, 0.25) is 0 Å². The van der Waals surface area contributed by atoms with Crippen LogP contribution < -0.4 is 15.4 Å². The van der Waals surface area contributed by atoms with Crippen molar-refractivity contribution in [3.05, 3.63) is 60.4 Å². The number of likely N-dealkylation sites (tertiary alicyclic amines) is 1. The second-order valence-corrected chi connectivity index (χ2v) is 6.59. The zero-order valence-corrected chi connectivity index (χ0v) is 16.2. The predicted molar refractivity (Wildman–Crippen MR) is 110 cm³/mol. The van der Waals surface area contributed by atoms with Gasteiger partial charge in [0.1, 0.15) is 11.9 Å². The third-order valence-electron chi connectivity index (χ3n) is 4.62. The lowest BCUT2D eigenvalue weighted by atomic mass is 10.1. The smallest absolute Gasteiger partial charge is 0.252 e. The first-order valence-corrected chi connectivity index (χ1v) is 9.62. The van der Waals surface area contributed by atoms with E-state index in [0.717, 1.165) is 37.6 Å². The predicted octanol–water partition coefficient (Wildman–Crippen LogP) is 1.93. The summed E-state index contributed by atoms with van der Waals surface area (Å²) in [6.45, 7) is 2.90. The number of aromatic nitrogens is 1. The molecule has 1 aliphatic heterocycles. The summed E-state index contributed by atoms with van der Waals surface area (Å²) >= 11 is 0. The van der Waals surface area contributed by atoms with Crippen molar-refractivity contribution in [1.82, 2.24) is 20.5 Å². The first-order valence-electron chi connectivity index (χ1n) is 9.62. The first-order chi connectivity index (χ1) is 13.8. The molecule has 0 radical (unpaired) electrons. The molecule has 1 saturated heterocycles. The lowest BCUT2D eigenvalue weighted by molar-refractivity contribution is 0.0953. The van der Waals surface area contributed by atoms with Gasteiger partial charge >= 0.3 is 0 Å². The van der Waals surface area contributed by atoms with Gasteiger partial charge in [-0.15, -0.1) is 0 Å². The molecular formula is C21H27N5O2. The van der Waals surface area contributed by atoms with Gasteiger partial charge in [-0.3, -0.25) is 14.8 Å². The third kappa shape index (κ3) is 5.70. The number of carbonyl (C=O) groups is 1. The Hall–Kier alpha value is -3.09. The zero-order valence-electron chi connectivity index (χ0n) is 16.2. The van der Waals surface area contributed by atoms with Gasteiger partial charge in [-0.1, -0.05) is 18.2 Å². The van der Waals surface area contributed by atoms with Gasteiger partial charge in [0.05, 0.1) is 5.56 Å². The Bertz CT molecular complexity index is 759. The van der Waals surface area contributed by atoms with Crippen LogP contribution >= 0.6 is 0 Å². The molecule has 0 bridgehead atoms. The van der Waals surface area contributed by atoms with E-state index in [0.29, 0.717) is 18.7 Å². The Morgan fingerprint density at radius 2 is 1.89 bits per heavy atom. The highest BCUT2D eigenvalue weighted by molar-refractivity contribution is 5.93. The van der Waals surface area contributed by atoms with Gasteiger partial charge in [0.15, 0.2) is 5.96 Å². The number of amides is 1. The number of carbonyl (C=O) groups excluding carboxylic acids is 1. The van der Waals surface area contributed by atoms with Gasteiger partial charge in [-0.25, -0.2) is 0 Å². The van der Waals surface area contributed by atoms with Crippen molar-refractivity contribution in [2.75, 3.05) is 33.2 Å². The van der Waals surface area contributed by atoms with Gasteiger partial charge in [-0.2, -0.15) is 0 Å². The SMILES string of the molecule is CN=C(NCCNC(=O)c1cccnc1)N1CCC(Oc2ccccc2)CC1. The molecular weight excluding hydrogens is 354 g/mol. The van der Waals surface area contributed by atoms with Crippen molar-refractivity contribution in [2.24, 2.45) is 4.99 Å². The van der Waals surface area contributed by atoms with Crippen LogP contribution in [0.2, 0.25) is 0 Å². The van der Waals surface area contributed by atoms with Crippen molar-refractivity contribution < 1.29 is 9.53 Å². The summed E-state index contributed by atoms with van der Waals surface area (Å²) in [5, 5.41) is 6.20. The van der Waals surface area contributed by atoms with Crippen molar-refractivity contribution in [2.45, 2.75) is 18.9 Å². The molecule has 28 heavy (non-hydrogen) atoms. The van der Waals surface area contributed by atoms with E-state index in [4.69, 9.17) is 4.74 Å². The average molecular weight is 381 g/mol. The fraction of sp³-hybridized carbons (Fsp3) is 0.381. The van der Waals surface area contributed by atoms with Crippen molar-refractivity contribution in [3.8, 4) is 5.75 Å². The molecule has 7 nitrogen and oxygen atoms in total. The lowest BCUT2D eigenvalue weighted by Gasteiger charge is -2.34. The molecule has 0 spiro atoms. The maximum Gasteiger partial charge on any atom is 0.252 e. The zero-order chi connectivity index (χ0) is 19.6. The fourth-order valence-electron chi connectivity index (χ4n) is 3.16. The molecule has 0 saturated carbocycles. The van der Waals surface area contributed by atoms with Gasteiger partial charge in [0.25, 0.3) is 5.91 Å². The van der Waals surface area contributed by atoms with E-state index in [9.17, 15) is 4.79 Å². The van der Waals surface area contributed by atoms with Crippen LogP contribution in [0.3, 0.4) is 0 Å². The molecule has 1 amide bonds. The van der Waals surface area contributed by atoms with E-state index in [1.165, 1.54) is 0 Å². The molecule has 0 aliphatic carbocycles. The van der Waals surface area contributed by atoms with Crippen molar-refractivity contribution >= 4 is 11.9 Å².